The van der Waals surface area contributed by atoms with Crippen LogP contribution in [0.1, 0.15) is 62.5 Å². The summed E-state index contributed by atoms with van der Waals surface area (Å²) < 4.78 is 5.60. The van der Waals surface area contributed by atoms with E-state index in [1.807, 2.05) is 0 Å². The molecule has 1 aliphatic carbocycles. The molecular weight excluding hydrogens is 308 g/mol. The first kappa shape index (κ1) is 16.9. The first-order valence-electron chi connectivity index (χ1n) is 8.90. The zero-order valence-electron chi connectivity index (χ0n) is 14.5. The second-order valence-electron chi connectivity index (χ2n) is 7.26. The van der Waals surface area contributed by atoms with E-state index in [-0.39, 0.29) is 23.7 Å². The summed E-state index contributed by atoms with van der Waals surface area (Å²) in [5, 5.41) is 10.9. The molecule has 132 valence electrons. The van der Waals surface area contributed by atoms with Crippen LogP contribution < -0.4 is 5.32 Å². The van der Waals surface area contributed by atoms with Gasteiger partial charge in [0.05, 0.1) is 0 Å². The molecule has 0 unspecified atom stereocenters. The van der Waals surface area contributed by atoms with E-state index in [0.29, 0.717) is 24.1 Å². The van der Waals surface area contributed by atoms with Crippen molar-refractivity contribution in [3.05, 3.63) is 11.8 Å². The molecule has 1 aliphatic heterocycles. The fraction of sp³-hybridized carbons (Fsp3) is 0.765. The van der Waals surface area contributed by atoms with Gasteiger partial charge < -0.3 is 14.6 Å². The Morgan fingerprint density at radius 2 is 1.96 bits per heavy atom. The summed E-state index contributed by atoms with van der Waals surface area (Å²) in [5.74, 6) is 1.59. The summed E-state index contributed by atoms with van der Waals surface area (Å²) in [6, 6.07) is 0.242. The second-order valence-corrected chi connectivity index (χ2v) is 7.26. The first-order chi connectivity index (χ1) is 11.5. The summed E-state index contributed by atoms with van der Waals surface area (Å²) in [6.07, 6.45) is 5.66. The molecule has 2 amide bonds. The number of nitrogens with zero attached hydrogens (tertiary/aromatic N) is 3. The number of piperidine rings is 1. The minimum Gasteiger partial charge on any atom is -0.417 e. The molecule has 0 bridgehead atoms. The Morgan fingerprint density at radius 1 is 1.21 bits per heavy atom. The molecule has 1 aromatic heterocycles. The van der Waals surface area contributed by atoms with Gasteiger partial charge >= 0.3 is 11.8 Å². The number of amides is 2. The lowest BCUT2D eigenvalue weighted by atomic mass is 9.99. The maximum absolute atomic E-state index is 12.4. The van der Waals surface area contributed by atoms with Crippen LogP contribution in [0.2, 0.25) is 0 Å². The summed E-state index contributed by atoms with van der Waals surface area (Å²) in [5.41, 5.74) is 0. The fourth-order valence-corrected chi connectivity index (χ4v) is 3.70. The standard InChI is InChI=1S/C17H26N4O3/c1-11-5-7-21(8-6-11)17(23)16-20-19-15(24-16)10-13-3-4-14(9-13)18-12(2)22/h11,13-14H,3-10H2,1-2H3,(H,18,22)/t13-,14+/m1/s1. The zero-order valence-corrected chi connectivity index (χ0v) is 14.5. The van der Waals surface area contributed by atoms with E-state index < -0.39 is 0 Å². The van der Waals surface area contributed by atoms with E-state index in [2.05, 4.69) is 22.4 Å². The fourth-order valence-electron chi connectivity index (χ4n) is 3.70. The lowest BCUT2D eigenvalue weighted by Crippen LogP contribution is -2.38. The molecular formula is C17H26N4O3. The number of nitrogens with one attached hydrogen (secondary N) is 1. The van der Waals surface area contributed by atoms with Crippen molar-refractivity contribution >= 4 is 11.8 Å². The highest BCUT2D eigenvalue weighted by atomic mass is 16.4. The molecule has 2 aliphatic rings. The summed E-state index contributed by atoms with van der Waals surface area (Å²) in [6.45, 7) is 5.28. The Kier molecular flexibility index (Phi) is 5.16. The lowest BCUT2D eigenvalue weighted by Gasteiger charge is -2.29. The number of rotatable bonds is 4. The van der Waals surface area contributed by atoms with E-state index in [0.717, 1.165) is 45.2 Å². The van der Waals surface area contributed by atoms with Crippen molar-refractivity contribution in [1.29, 1.82) is 0 Å². The van der Waals surface area contributed by atoms with E-state index >= 15 is 0 Å². The number of hydrogen-bond donors (Lipinski definition) is 1. The highest BCUT2D eigenvalue weighted by Gasteiger charge is 2.29. The molecule has 1 saturated carbocycles. The molecule has 2 heterocycles. The third kappa shape index (κ3) is 4.13. The van der Waals surface area contributed by atoms with Crippen LogP contribution in [-0.4, -0.2) is 46.0 Å². The minimum atomic E-state index is -0.150. The maximum Gasteiger partial charge on any atom is 0.311 e. The number of carbonyl (C=O) groups excluding carboxylic acids is 2. The lowest BCUT2D eigenvalue weighted by molar-refractivity contribution is -0.119. The molecule has 7 heteroatoms. The predicted molar refractivity (Wildman–Crippen MR) is 87.2 cm³/mol. The predicted octanol–water partition coefficient (Wildman–Crippen LogP) is 1.79. The van der Waals surface area contributed by atoms with E-state index in [1.165, 1.54) is 0 Å². The van der Waals surface area contributed by atoms with Gasteiger partial charge in [0.25, 0.3) is 0 Å². The van der Waals surface area contributed by atoms with Crippen LogP contribution in [0.15, 0.2) is 4.42 Å². The van der Waals surface area contributed by atoms with E-state index in [9.17, 15) is 9.59 Å². The monoisotopic (exact) mass is 334 g/mol. The van der Waals surface area contributed by atoms with Crippen LogP contribution in [0.4, 0.5) is 0 Å². The van der Waals surface area contributed by atoms with Gasteiger partial charge in [-0.3, -0.25) is 9.59 Å². The third-order valence-corrected chi connectivity index (χ3v) is 5.13. The highest BCUT2D eigenvalue weighted by molar-refractivity contribution is 5.89. The van der Waals surface area contributed by atoms with Crippen molar-refractivity contribution < 1.29 is 14.0 Å². The molecule has 2 atom stereocenters. The molecule has 1 aromatic rings. The molecule has 0 aromatic carbocycles. The Balaban J connectivity index is 1.52. The van der Waals surface area contributed by atoms with Gasteiger partial charge in [0.2, 0.25) is 11.8 Å². The van der Waals surface area contributed by atoms with Gasteiger partial charge in [0.1, 0.15) is 0 Å². The van der Waals surface area contributed by atoms with Crippen LogP contribution in [0, 0.1) is 11.8 Å². The molecule has 0 spiro atoms. The topological polar surface area (TPSA) is 88.3 Å². The molecule has 3 rings (SSSR count). The third-order valence-electron chi connectivity index (χ3n) is 5.13. The largest absolute Gasteiger partial charge is 0.417 e. The summed E-state index contributed by atoms with van der Waals surface area (Å²) >= 11 is 0. The quantitative estimate of drug-likeness (QED) is 0.907. The average Bonchev–Trinajstić information content (AvgIpc) is 3.17. The second kappa shape index (κ2) is 7.32. The van der Waals surface area contributed by atoms with Crippen LogP contribution in [0.25, 0.3) is 0 Å². The van der Waals surface area contributed by atoms with Gasteiger partial charge in [-0.2, -0.15) is 0 Å². The van der Waals surface area contributed by atoms with Gasteiger partial charge in [-0.15, -0.1) is 10.2 Å². The Labute approximate surface area is 142 Å². The molecule has 7 nitrogen and oxygen atoms in total. The van der Waals surface area contributed by atoms with Crippen molar-refractivity contribution in [1.82, 2.24) is 20.4 Å². The number of carbonyl (C=O) groups is 2. The van der Waals surface area contributed by atoms with Gasteiger partial charge in [-0.05, 0) is 43.9 Å². The van der Waals surface area contributed by atoms with Crippen LogP contribution in [-0.2, 0) is 11.2 Å². The number of hydrogen-bond acceptors (Lipinski definition) is 5. The Bertz CT molecular complexity index is 592. The number of likely N-dealkylation sites (tertiary alicyclic amines) is 1. The van der Waals surface area contributed by atoms with Crippen molar-refractivity contribution in [3.8, 4) is 0 Å². The maximum atomic E-state index is 12.4. The Morgan fingerprint density at radius 3 is 2.67 bits per heavy atom. The normalized spacial score (nSPS) is 25.0. The first-order valence-corrected chi connectivity index (χ1v) is 8.90. The molecule has 24 heavy (non-hydrogen) atoms. The smallest absolute Gasteiger partial charge is 0.311 e. The average molecular weight is 334 g/mol. The molecule has 2 fully saturated rings. The van der Waals surface area contributed by atoms with Crippen LogP contribution >= 0.6 is 0 Å². The highest BCUT2D eigenvalue weighted by Crippen LogP contribution is 2.28. The number of aromatic nitrogens is 2. The molecule has 1 N–H and O–H groups in total. The van der Waals surface area contributed by atoms with Crippen LogP contribution in [0.5, 0.6) is 0 Å². The Hall–Kier alpha value is -1.92. The SMILES string of the molecule is CC(=O)N[C@H]1CC[C@@H](Cc2nnc(C(=O)N3CCC(C)CC3)o2)C1. The van der Waals surface area contributed by atoms with Gasteiger partial charge in [-0.25, -0.2) is 0 Å². The zero-order chi connectivity index (χ0) is 17.1. The van der Waals surface area contributed by atoms with Crippen LogP contribution in [0.3, 0.4) is 0 Å². The van der Waals surface area contributed by atoms with Gasteiger partial charge in [0, 0.05) is 32.5 Å². The summed E-state index contributed by atoms with van der Waals surface area (Å²) in [4.78, 5) is 25.3. The molecule has 0 radical (unpaired) electrons. The van der Waals surface area contributed by atoms with Gasteiger partial charge in [0.15, 0.2) is 0 Å². The summed E-state index contributed by atoms with van der Waals surface area (Å²) in [7, 11) is 0. The van der Waals surface area contributed by atoms with Crippen molar-refractivity contribution in [3.63, 3.8) is 0 Å². The van der Waals surface area contributed by atoms with Crippen molar-refractivity contribution in [2.75, 3.05) is 13.1 Å². The van der Waals surface area contributed by atoms with Gasteiger partial charge in [-0.1, -0.05) is 6.92 Å². The minimum absolute atomic E-state index is 0.0159. The molecule has 1 saturated heterocycles. The van der Waals surface area contributed by atoms with Crippen molar-refractivity contribution in [2.24, 2.45) is 11.8 Å². The van der Waals surface area contributed by atoms with E-state index in [4.69, 9.17) is 4.42 Å². The van der Waals surface area contributed by atoms with Crippen molar-refractivity contribution in [2.45, 2.75) is 58.4 Å². The van der Waals surface area contributed by atoms with E-state index in [1.54, 1.807) is 11.8 Å².